The maximum absolute atomic E-state index is 12.9. The first kappa shape index (κ1) is 19.0. The summed E-state index contributed by atoms with van der Waals surface area (Å²) in [6, 6.07) is 16.9. The van der Waals surface area contributed by atoms with Gasteiger partial charge in [0.15, 0.2) is 5.82 Å². The number of carbonyl (C=O) groups is 1. The van der Waals surface area contributed by atoms with Gasteiger partial charge in [0, 0.05) is 30.0 Å². The normalized spacial score (nSPS) is 12.3. The van der Waals surface area contributed by atoms with Crippen LogP contribution in [-0.4, -0.2) is 42.8 Å². The molecule has 3 heterocycles. The highest BCUT2D eigenvalue weighted by Gasteiger charge is 2.19. The van der Waals surface area contributed by atoms with Crippen LogP contribution in [0.4, 0.5) is 0 Å². The van der Waals surface area contributed by atoms with Crippen LogP contribution in [0.25, 0.3) is 33.2 Å². The second kappa shape index (κ2) is 8.00. The molecule has 5 rings (SSSR count). The maximum atomic E-state index is 12.9. The van der Waals surface area contributed by atoms with E-state index < -0.39 is 0 Å². The zero-order chi connectivity index (χ0) is 21.2. The van der Waals surface area contributed by atoms with E-state index in [1.54, 1.807) is 12.4 Å². The van der Waals surface area contributed by atoms with Crippen LogP contribution < -0.4 is 5.32 Å². The summed E-state index contributed by atoms with van der Waals surface area (Å²) >= 11 is 0. The van der Waals surface area contributed by atoms with E-state index in [0.29, 0.717) is 11.9 Å². The Hall–Kier alpha value is -4.04. The number of aromatic amines is 2. The van der Waals surface area contributed by atoms with Crippen molar-refractivity contribution in [3.8, 4) is 11.3 Å². The van der Waals surface area contributed by atoms with Crippen molar-refractivity contribution in [1.82, 2.24) is 30.5 Å². The van der Waals surface area contributed by atoms with Gasteiger partial charge in [-0.3, -0.25) is 14.9 Å². The van der Waals surface area contributed by atoms with Gasteiger partial charge in [-0.05, 0) is 36.2 Å². The van der Waals surface area contributed by atoms with Crippen molar-refractivity contribution >= 4 is 27.8 Å². The quantitative estimate of drug-likeness (QED) is 0.341. The third kappa shape index (κ3) is 3.64. The first-order valence-electron chi connectivity index (χ1n) is 9.98. The summed E-state index contributed by atoms with van der Waals surface area (Å²) in [6.45, 7) is -0.0323. The summed E-state index contributed by atoms with van der Waals surface area (Å²) in [5.74, 6) is -0.102. The van der Waals surface area contributed by atoms with Gasteiger partial charge in [-0.15, -0.1) is 0 Å². The van der Waals surface area contributed by atoms with Gasteiger partial charge >= 0.3 is 0 Å². The van der Waals surface area contributed by atoms with Crippen molar-refractivity contribution in [2.75, 3.05) is 6.61 Å². The Morgan fingerprint density at radius 2 is 1.87 bits per heavy atom. The summed E-state index contributed by atoms with van der Waals surface area (Å²) in [7, 11) is 0. The Kier molecular flexibility index (Phi) is 4.89. The fourth-order valence-corrected chi connectivity index (χ4v) is 3.72. The van der Waals surface area contributed by atoms with E-state index >= 15 is 0 Å². The summed E-state index contributed by atoms with van der Waals surface area (Å²) in [5, 5.41) is 20.8. The number of rotatable bonds is 6. The Balaban J connectivity index is 1.47. The van der Waals surface area contributed by atoms with Gasteiger partial charge in [0.2, 0.25) is 0 Å². The fraction of sp³-hybridized carbons (Fsp3) is 0.130. The van der Waals surface area contributed by atoms with Crippen LogP contribution in [0.1, 0.15) is 28.6 Å². The van der Waals surface area contributed by atoms with E-state index in [4.69, 9.17) is 0 Å². The van der Waals surface area contributed by atoms with Crippen LogP contribution in [-0.2, 0) is 0 Å². The number of benzene rings is 2. The number of carbonyl (C=O) groups excluding carboxylic acids is 1. The molecule has 0 fully saturated rings. The molecule has 0 bridgehead atoms. The second-order valence-electron chi connectivity index (χ2n) is 7.26. The minimum absolute atomic E-state index is 0.0323. The molecule has 5 aromatic rings. The van der Waals surface area contributed by atoms with Gasteiger partial charge in [-0.25, -0.2) is 4.98 Å². The van der Waals surface area contributed by atoms with Crippen molar-refractivity contribution in [3.05, 3.63) is 78.4 Å². The van der Waals surface area contributed by atoms with E-state index in [9.17, 15) is 9.90 Å². The first-order valence-corrected chi connectivity index (χ1v) is 9.98. The summed E-state index contributed by atoms with van der Waals surface area (Å²) < 4.78 is 0. The Labute approximate surface area is 177 Å². The van der Waals surface area contributed by atoms with Crippen molar-refractivity contribution in [2.45, 2.75) is 12.5 Å². The molecule has 1 atom stereocenters. The maximum Gasteiger partial charge on any atom is 0.287 e. The molecule has 3 aromatic heterocycles. The lowest BCUT2D eigenvalue weighted by molar-refractivity contribution is 0.0920. The Morgan fingerprint density at radius 1 is 1.06 bits per heavy atom. The van der Waals surface area contributed by atoms with E-state index in [-0.39, 0.29) is 24.4 Å². The number of aromatic nitrogens is 5. The van der Waals surface area contributed by atoms with Crippen LogP contribution in [0.3, 0.4) is 0 Å². The van der Waals surface area contributed by atoms with Crippen molar-refractivity contribution in [1.29, 1.82) is 0 Å². The number of aliphatic hydroxyl groups excluding tert-OH is 1. The molecule has 0 spiro atoms. The highest BCUT2D eigenvalue weighted by molar-refractivity contribution is 6.02. The molecule has 0 aliphatic rings. The van der Waals surface area contributed by atoms with E-state index in [1.165, 1.54) is 0 Å². The van der Waals surface area contributed by atoms with Gasteiger partial charge < -0.3 is 15.4 Å². The molecule has 1 amide bonds. The van der Waals surface area contributed by atoms with Gasteiger partial charge in [0.1, 0.15) is 5.69 Å². The van der Waals surface area contributed by atoms with Crippen molar-refractivity contribution in [2.24, 2.45) is 0 Å². The molecule has 0 saturated heterocycles. The van der Waals surface area contributed by atoms with Crippen LogP contribution >= 0.6 is 0 Å². The SMILES string of the molecule is O=C(NC(CCO)c1ccccc1)c1nc2cc3c(-c4ccncc4)n[nH]c3cc2[nH]1. The molecule has 1 unspecified atom stereocenters. The molecule has 0 aliphatic carbocycles. The number of amides is 1. The second-order valence-corrected chi connectivity index (χ2v) is 7.26. The smallest absolute Gasteiger partial charge is 0.287 e. The monoisotopic (exact) mass is 412 g/mol. The third-order valence-corrected chi connectivity index (χ3v) is 5.26. The molecule has 0 aliphatic heterocycles. The molecule has 8 heteroatoms. The lowest BCUT2D eigenvalue weighted by Gasteiger charge is -2.17. The van der Waals surface area contributed by atoms with Gasteiger partial charge in [0.25, 0.3) is 5.91 Å². The third-order valence-electron chi connectivity index (χ3n) is 5.26. The van der Waals surface area contributed by atoms with Crippen LogP contribution in [0.15, 0.2) is 67.0 Å². The zero-order valence-corrected chi connectivity index (χ0v) is 16.5. The molecule has 8 nitrogen and oxygen atoms in total. The highest BCUT2D eigenvalue weighted by atomic mass is 16.3. The van der Waals surface area contributed by atoms with Gasteiger partial charge in [-0.1, -0.05) is 30.3 Å². The number of hydrogen-bond acceptors (Lipinski definition) is 5. The molecular weight excluding hydrogens is 392 g/mol. The number of imidazole rings is 1. The number of H-pyrrole nitrogens is 2. The Bertz CT molecular complexity index is 1340. The minimum Gasteiger partial charge on any atom is -0.396 e. The van der Waals surface area contributed by atoms with Crippen LogP contribution in [0, 0.1) is 0 Å². The average molecular weight is 412 g/mol. The number of nitrogens with zero attached hydrogens (tertiary/aromatic N) is 3. The van der Waals surface area contributed by atoms with Crippen molar-refractivity contribution < 1.29 is 9.90 Å². The summed E-state index contributed by atoms with van der Waals surface area (Å²) in [5.41, 5.74) is 4.94. The highest BCUT2D eigenvalue weighted by Crippen LogP contribution is 2.29. The van der Waals surface area contributed by atoms with E-state index in [1.807, 2.05) is 54.6 Å². The zero-order valence-electron chi connectivity index (χ0n) is 16.5. The number of aliphatic hydroxyl groups is 1. The average Bonchev–Trinajstić information content (AvgIpc) is 3.42. The molecular formula is C23H20N6O2. The summed E-state index contributed by atoms with van der Waals surface area (Å²) in [4.78, 5) is 24.5. The lowest BCUT2D eigenvalue weighted by atomic mass is 10.0. The van der Waals surface area contributed by atoms with Gasteiger partial charge in [0.05, 0.1) is 22.6 Å². The topological polar surface area (TPSA) is 120 Å². The molecule has 0 radical (unpaired) electrons. The Morgan fingerprint density at radius 3 is 2.65 bits per heavy atom. The van der Waals surface area contributed by atoms with Crippen LogP contribution in [0.5, 0.6) is 0 Å². The number of pyridine rings is 1. The number of fused-ring (bicyclic) bond motifs is 2. The first-order chi connectivity index (χ1) is 15.2. The predicted octanol–water partition coefficient (Wildman–Crippen LogP) is 3.35. The van der Waals surface area contributed by atoms with Gasteiger partial charge in [-0.2, -0.15) is 5.10 Å². The standard InChI is InChI=1S/C23H20N6O2/c30-11-8-17(14-4-2-1-3-5-14)27-23(31)22-25-19-12-16-18(13-20(19)26-22)28-29-21(16)15-6-9-24-10-7-15/h1-7,9-10,12-13,17,30H,8,11H2,(H,25,26)(H,27,31)(H,28,29). The largest absolute Gasteiger partial charge is 0.396 e. The molecule has 0 saturated carbocycles. The fourth-order valence-electron chi connectivity index (χ4n) is 3.72. The predicted molar refractivity (Wildman–Crippen MR) is 117 cm³/mol. The van der Waals surface area contributed by atoms with E-state index in [0.717, 1.165) is 33.2 Å². The molecule has 31 heavy (non-hydrogen) atoms. The molecule has 2 aromatic carbocycles. The van der Waals surface area contributed by atoms with Crippen molar-refractivity contribution in [3.63, 3.8) is 0 Å². The molecule has 4 N–H and O–H groups in total. The molecule has 154 valence electrons. The summed E-state index contributed by atoms with van der Waals surface area (Å²) in [6.07, 6.45) is 3.86. The number of hydrogen-bond donors (Lipinski definition) is 4. The van der Waals surface area contributed by atoms with Crippen LogP contribution in [0.2, 0.25) is 0 Å². The lowest BCUT2D eigenvalue weighted by Crippen LogP contribution is -2.30. The minimum atomic E-state index is -0.324. The van der Waals surface area contributed by atoms with E-state index in [2.05, 4.69) is 30.5 Å². The number of nitrogens with one attached hydrogen (secondary N) is 3.